The number of nitrogens with one attached hydrogen (secondary N) is 1. The average Bonchev–Trinajstić information content (AvgIpc) is 2.67. The van der Waals surface area contributed by atoms with Crippen molar-refractivity contribution in [3.63, 3.8) is 0 Å². The molecule has 1 atom stereocenters. The van der Waals surface area contributed by atoms with Crippen LogP contribution in [0, 0.1) is 13.8 Å². The summed E-state index contributed by atoms with van der Waals surface area (Å²) in [5.41, 5.74) is 2.19. The summed E-state index contributed by atoms with van der Waals surface area (Å²) in [6.07, 6.45) is 0. The molecule has 0 fully saturated rings. The zero-order valence-electron chi connectivity index (χ0n) is 18.9. The van der Waals surface area contributed by atoms with Gasteiger partial charge in [0, 0.05) is 27.7 Å². The number of rotatable bonds is 7. The highest BCUT2D eigenvalue weighted by Gasteiger charge is 2.29. The molecule has 2 aromatic carbocycles. The molecule has 168 valence electrons. The molecule has 1 unspecified atom stereocenters. The first-order chi connectivity index (χ1) is 14.4. The number of halogens is 2. The predicted molar refractivity (Wildman–Crippen MR) is 126 cm³/mol. The summed E-state index contributed by atoms with van der Waals surface area (Å²) in [6.45, 7) is 11.1. The molecule has 0 saturated heterocycles. The first-order valence-corrected chi connectivity index (χ1v) is 10.9. The van der Waals surface area contributed by atoms with Crippen LogP contribution in [0.1, 0.15) is 44.4 Å². The van der Waals surface area contributed by atoms with Gasteiger partial charge in [0.15, 0.2) is 6.61 Å². The summed E-state index contributed by atoms with van der Waals surface area (Å²) in [5, 5.41) is 3.79. The zero-order chi connectivity index (χ0) is 23.3. The van der Waals surface area contributed by atoms with Gasteiger partial charge in [-0.25, -0.2) is 0 Å². The normalized spacial score (nSPS) is 12.3. The van der Waals surface area contributed by atoms with Gasteiger partial charge in [0.1, 0.15) is 11.8 Å². The number of hydrogen-bond acceptors (Lipinski definition) is 3. The number of ether oxygens (including phenoxy) is 1. The Morgan fingerprint density at radius 3 is 2.23 bits per heavy atom. The van der Waals surface area contributed by atoms with E-state index in [0.29, 0.717) is 21.4 Å². The molecule has 1 N–H and O–H groups in total. The van der Waals surface area contributed by atoms with Crippen LogP contribution >= 0.6 is 23.2 Å². The topological polar surface area (TPSA) is 58.6 Å². The van der Waals surface area contributed by atoms with E-state index in [-0.39, 0.29) is 25.0 Å². The number of nitrogens with zero attached hydrogens (tertiary/aromatic N) is 1. The minimum absolute atomic E-state index is 0.0895. The minimum atomic E-state index is -0.749. The monoisotopic (exact) mass is 464 g/mol. The molecule has 2 rings (SSSR count). The molecule has 0 saturated carbocycles. The highest BCUT2D eigenvalue weighted by atomic mass is 35.5. The molecule has 2 aromatic rings. The van der Waals surface area contributed by atoms with Crippen LogP contribution in [0.3, 0.4) is 0 Å². The van der Waals surface area contributed by atoms with E-state index in [9.17, 15) is 9.59 Å². The third-order valence-corrected chi connectivity index (χ3v) is 5.67. The van der Waals surface area contributed by atoms with Crippen molar-refractivity contribution in [2.45, 2.75) is 59.7 Å². The first kappa shape index (κ1) is 25.0. The Morgan fingerprint density at radius 1 is 1.06 bits per heavy atom. The molecule has 0 spiro atoms. The van der Waals surface area contributed by atoms with Gasteiger partial charge in [-0.05, 0) is 70.9 Å². The van der Waals surface area contributed by atoms with Gasteiger partial charge in [-0.3, -0.25) is 9.59 Å². The van der Waals surface area contributed by atoms with E-state index in [1.807, 2.05) is 52.8 Å². The van der Waals surface area contributed by atoms with E-state index in [2.05, 4.69) is 5.32 Å². The lowest BCUT2D eigenvalue weighted by Gasteiger charge is -2.32. The first-order valence-electron chi connectivity index (χ1n) is 10.1. The van der Waals surface area contributed by atoms with Crippen LogP contribution in [0.2, 0.25) is 10.0 Å². The second-order valence-electron chi connectivity index (χ2n) is 8.62. The molecule has 31 heavy (non-hydrogen) atoms. The molecule has 0 radical (unpaired) electrons. The SMILES string of the molecule is Cc1cccc(OCC(=O)N(Cc2c(Cl)cccc2Cl)C(C)C(=O)NC(C)(C)C)c1C. The Labute approximate surface area is 194 Å². The van der Waals surface area contributed by atoms with Crippen molar-refractivity contribution in [3.8, 4) is 5.75 Å². The van der Waals surface area contributed by atoms with Crippen LogP contribution in [0.4, 0.5) is 0 Å². The molecule has 0 aromatic heterocycles. The Kier molecular flexibility index (Phi) is 8.38. The summed E-state index contributed by atoms with van der Waals surface area (Å²) in [6, 6.07) is 10.1. The van der Waals surface area contributed by atoms with Crippen LogP contribution in [0.25, 0.3) is 0 Å². The van der Waals surface area contributed by atoms with Crippen LogP contribution in [-0.4, -0.2) is 34.9 Å². The van der Waals surface area contributed by atoms with Crippen molar-refractivity contribution in [2.75, 3.05) is 6.61 Å². The van der Waals surface area contributed by atoms with Gasteiger partial charge in [0.05, 0.1) is 0 Å². The van der Waals surface area contributed by atoms with Gasteiger partial charge in [0.2, 0.25) is 5.91 Å². The van der Waals surface area contributed by atoms with Crippen molar-refractivity contribution >= 4 is 35.0 Å². The Hall–Kier alpha value is -2.24. The smallest absolute Gasteiger partial charge is 0.261 e. The fourth-order valence-corrected chi connectivity index (χ4v) is 3.53. The summed E-state index contributed by atoms with van der Waals surface area (Å²) in [7, 11) is 0. The highest BCUT2D eigenvalue weighted by Crippen LogP contribution is 2.27. The lowest BCUT2D eigenvalue weighted by molar-refractivity contribution is -0.142. The van der Waals surface area contributed by atoms with Gasteiger partial charge in [-0.15, -0.1) is 0 Å². The zero-order valence-corrected chi connectivity index (χ0v) is 20.4. The molecule has 7 heteroatoms. The molecule has 0 bridgehead atoms. The quantitative estimate of drug-likeness (QED) is 0.602. The maximum Gasteiger partial charge on any atom is 0.261 e. The van der Waals surface area contributed by atoms with Crippen molar-refractivity contribution in [3.05, 3.63) is 63.1 Å². The maximum atomic E-state index is 13.2. The van der Waals surface area contributed by atoms with Gasteiger partial charge in [-0.1, -0.05) is 41.4 Å². The second-order valence-corrected chi connectivity index (χ2v) is 9.44. The van der Waals surface area contributed by atoms with E-state index in [0.717, 1.165) is 11.1 Å². The summed E-state index contributed by atoms with van der Waals surface area (Å²) >= 11 is 12.7. The van der Waals surface area contributed by atoms with Gasteiger partial charge < -0.3 is 15.0 Å². The fraction of sp³-hybridized carbons (Fsp3) is 0.417. The largest absolute Gasteiger partial charge is 0.483 e. The number of amides is 2. The van der Waals surface area contributed by atoms with Gasteiger partial charge in [0.25, 0.3) is 5.91 Å². The highest BCUT2D eigenvalue weighted by molar-refractivity contribution is 6.36. The van der Waals surface area contributed by atoms with Crippen LogP contribution in [0.5, 0.6) is 5.75 Å². The summed E-state index contributed by atoms with van der Waals surface area (Å²) in [5.74, 6) is 0.0279. The molecule has 5 nitrogen and oxygen atoms in total. The lowest BCUT2D eigenvalue weighted by Crippen LogP contribution is -2.53. The summed E-state index contributed by atoms with van der Waals surface area (Å²) < 4.78 is 5.80. The van der Waals surface area contributed by atoms with Crippen molar-refractivity contribution in [1.82, 2.24) is 10.2 Å². The van der Waals surface area contributed by atoms with Crippen molar-refractivity contribution in [2.24, 2.45) is 0 Å². The minimum Gasteiger partial charge on any atom is -0.483 e. The number of benzene rings is 2. The molecule has 2 amide bonds. The molecule has 0 heterocycles. The predicted octanol–water partition coefficient (Wildman–Crippen LogP) is 5.32. The number of aryl methyl sites for hydroxylation is 1. The van der Waals surface area contributed by atoms with E-state index < -0.39 is 11.6 Å². The summed E-state index contributed by atoms with van der Waals surface area (Å²) in [4.78, 5) is 27.5. The number of carbonyl (C=O) groups excluding carboxylic acids is 2. The van der Waals surface area contributed by atoms with Gasteiger partial charge >= 0.3 is 0 Å². The third-order valence-electron chi connectivity index (χ3n) is 4.96. The van der Waals surface area contributed by atoms with Crippen LogP contribution in [-0.2, 0) is 16.1 Å². The third kappa shape index (κ3) is 6.88. The molecule has 0 aliphatic carbocycles. The number of hydrogen-bond donors (Lipinski definition) is 1. The van der Waals surface area contributed by atoms with E-state index in [1.165, 1.54) is 4.90 Å². The van der Waals surface area contributed by atoms with E-state index in [4.69, 9.17) is 27.9 Å². The number of carbonyl (C=O) groups is 2. The van der Waals surface area contributed by atoms with Crippen molar-refractivity contribution < 1.29 is 14.3 Å². The standard InChI is InChI=1S/C24H30Cl2N2O3/c1-15-9-7-12-21(16(15)2)31-14-22(29)28(17(3)23(30)27-24(4,5)6)13-18-19(25)10-8-11-20(18)26/h7-12,17H,13-14H2,1-6H3,(H,27,30). The Balaban J connectivity index is 2.28. The van der Waals surface area contributed by atoms with Gasteiger partial charge in [-0.2, -0.15) is 0 Å². The Morgan fingerprint density at radius 2 is 1.65 bits per heavy atom. The molecule has 0 aliphatic heterocycles. The fourth-order valence-electron chi connectivity index (χ4n) is 3.01. The Bertz CT molecular complexity index is 934. The van der Waals surface area contributed by atoms with E-state index in [1.54, 1.807) is 25.1 Å². The van der Waals surface area contributed by atoms with Crippen LogP contribution < -0.4 is 10.1 Å². The molecular weight excluding hydrogens is 435 g/mol. The van der Waals surface area contributed by atoms with E-state index >= 15 is 0 Å². The van der Waals surface area contributed by atoms with Crippen LogP contribution in [0.15, 0.2) is 36.4 Å². The lowest BCUT2D eigenvalue weighted by atomic mass is 10.1. The second kappa shape index (κ2) is 10.4. The maximum absolute atomic E-state index is 13.2. The molecule has 0 aliphatic rings. The average molecular weight is 465 g/mol. The molecular formula is C24H30Cl2N2O3. The van der Waals surface area contributed by atoms with Crippen molar-refractivity contribution in [1.29, 1.82) is 0 Å².